The average molecular weight is 391 g/mol. The molecule has 0 saturated carbocycles. The number of rotatable bonds is 8. The fourth-order valence-electron chi connectivity index (χ4n) is 2.53. The lowest BCUT2D eigenvalue weighted by atomic mass is 10.0. The Morgan fingerprint density at radius 2 is 1.77 bits per heavy atom. The van der Waals surface area contributed by atoms with E-state index in [1.165, 1.54) is 5.56 Å². The lowest BCUT2D eigenvalue weighted by Crippen LogP contribution is -2.28. The number of likely N-dealkylation sites (N-methyl/N-ethyl adjacent to an activating group) is 2. The van der Waals surface area contributed by atoms with E-state index in [0.29, 0.717) is 15.6 Å². The van der Waals surface area contributed by atoms with Crippen LogP contribution in [0.4, 0.5) is 0 Å². The van der Waals surface area contributed by atoms with Crippen LogP contribution in [0, 0.1) is 0 Å². The van der Waals surface area contributed by atoms with Crippen molar-refractivity contribution in [2.75, 3.05) is 34.2 Å². The van der Waals surface area contributed by atoms with Crippen molar-refractivity contribution in [2.24, 2.45) is 0 Å². The summed E-state index contributed by atoms with van der Waals surface area (Å²) in [5, 5.41) is 0.880. The Morgan fingerprint density at radius 1 is 1.04 bits per heavy atom. The number of halogens is 2. The average Bonchev–Trinajstić information content (AvgIpc) is 2.59. The van der Waals surface area contributed by atoms with Gasteiger partial charge in [-0.05, 0) is 56.5 Å². The highest BCUT2D eigenvalue weighted by atomic mass is 35.5. The van der Waals surface area contributed by atoms with Gasteiger partial charge in [0.2, 0.25) is 0 Å². The molecule has 2 aromatic carbocycles. The molecule has 138 valence electrons. The minimum absolute atomic E-state index is 0.137. The van der Waals surface area contributed by atoms with Crippen molar-refractivity contribution in [1.82, 2.24) is 9.80 Å². The monoisotopic (exact) mass is 390 g/mol. The molecule has 0 spiro atoms. The number of ketones is 1. The van der Waals surface area contributed by atoms with E-state index >= 15 is 0 Å². The first kappa shape index (κ1) is 20.7. The Morgan fingerprint density at radius 3 is 2.46 bits per heavy atom. The van der Waals surface area contributed by atoms with Crippen LogP contribution in [0.1, 0.15) is 21.5 Å². The highest BCUT2D eigenvalue weighted by Crippen LogP contribution is 2.22. The van der Waals surface area contributed by atoms with Crippen molar-refractivity contribution in [3.63, 3.8) is 0 Å². The molecule has 26 heavy (non-hydrogen) atoms. The third kappa shape index (κ3) is 6.26. The number of allylic oxidation sites excluding steroid dienone is 1. The maximum absolute atomic E-state index is 12.4. The molecule has 2 aromatic rings. The normalized spacial score (nSPS) is 11.7. The zero-order valence-electron chi connectivity index (χ0n) is 15.4. The highest BCUT2D eigenvalue weighted by molar-refractivity contribution is 6.37. The van der Waals surface area contributed by atoms with Crippen LogP contribution in [-0.4, -0.2) is 49.8 Å². The van der Waals surface area contributed by atoms with Gasteiger partial charge in [0.25, 0.3) is 0 Å². The van der Waals surface area contributed by atoms with Gasteiger partial charge < -0.3 is 9.80 Å². The molecule has 0 unspecified atom stereocenters. The lowest BCUT2D eigenvalue weighted by molar-refractivity contribution is 0.104. The number of nitrogens with zero attached hydrogens (tertiary/aromatic N) is 2. The molecule has 0 aliphatic carbocycles. The molecule has 0 N–H and O–H groups in total. The predicted octanol–water partition coefficient (Wildman–Crippen LogP) is 4.88. The zero-order valence-corrected chi connectivity index (χ0v) is 16.9. The molecule has 0 saturated heterocycles. The summed E-state index contributed by atoms with van der Waals surface area (Å²) in [5.41, 5.74) is 2.66. The second-order valence-corrected chi connectivity index (χ2v) is 7.41. The van der Waals surface area contributed by atoms with Crippen LogP contribution < -0.4 is 0 Å². The smallest absolute Gasteiger partial charge is 0.187 e. The van der Waals surface area contributed by atoms with Gasteiger partial charge in [0.05, 0.1) is 5.02 Å². The molecule has 5 heteroatoms. The fraction of sp³-hybridized carbons (Fsp3) is 0.286. The Balaban J connectivity index is 2.11. The second kappa shape index (κ2) is 9.89. The summed E-state index contributed by atoms with van der Waals surface area (Å²) in [6.07, 6.45) is 3.41. The van der Waals surface area contributed by atoms with E-state index in [0.717, 1.165) is 25.2 Å². The standard InChI is InChI=1S/C21H24Cl2N2O/c1-24(2)12-13-25(3)15-17-7-5-4-6-16(17)8-11-21(26)19-10-9-18(22)14-20(19)23/h4-11,14H,12-13,15H2,1-3H3. The molecule has 0 amide bonds. The Kier molecular flexibility index (Phi) is 7.85. The number of benzene rings is 2. The van der Waals surface area contributed by atoms with E-state index in [2.05, 4.69) is 37.0 Å². The molecule has 0 aliphatic rings. The predicted molar refractivity (Wildman–Crippen MR) is 111 cm³/mol. The molecule has 3 nitrogen and oxygen atoms in total. The number of hydrogen-bond donors (Lipinski definition) is 0. The third-order valence-electron chi connectivity index (χ3n) is 4.04. The van der Waals surface area contributed by atoms with Crippen molar-refractivity contribution in [1.29, 1.82) is 0 Å². The first-order chi connectivity index (χ1) is 12.4. The Hall–Kier alpha value is -1.65. The minimum Gasteiger partial charge on any atom is -0.308 e. The summed E-state index contributed by atoms with van der Waals surface area (Å²) in [5.74, 6) is -0.137. The van der Waals surface area contributed by atoms with Crippen LogP contribution in [0.2, 0.25) is 10.0 Å². The van der Waals surface area contributed by atoms with Gasteiger partial charge in [-0.3, -0.25) is 4.79 Å². The first-order valence-corrected chi connectivity index (χ1v) is 9.21. The van der Waals surface area contributed by atoms with Crippen LogP contribution in [-0.2, 0) is 6.54 Å². The fourth-order valence-corrected chi connectivity index (χ4v) is 3.03. The Bertz CT molecular complexity index is 787. The molecule has 0 heterocycles. The molecule has 0 fully saturated rings. The Labute approximate surface area is 165 Å². The van der Waals surface area contributed by atoms with Gasteiger partial charge >= 0.3 is 0 Å². The van der Waals surface area contributed by atoms with Crippen LogP contribution >= 0.6 is 23.2 Å². The summed E-state index contributed by atoms with van der Waals surface area (Å²) in [6, 6.07) is 13.0. The van der Waals surface area contributed by atoms with Crippen molar-refractivity contribution >= 4 is 35.1 Å². The molecular formula is C21H24Cl2N2O. The topological polar surface area (TPSA) is 23.6 Å². The summed E-state index contributed by atoms with van der Waals surface area (Å²) >= 11 is 12.0. The van der Waals surface area contributed by atoms with Crippen LogP contribution in [0.15, 0.2) is 48.5 Å². The molecule has 0 bridgehead atoms. The maximum Gasteiger partial charge on any atom is 0.187 e. The van der Waals surface area contributed by atoms with E-state index in [1.54, 1.807) is 24.3 Å². The highest BCUT2D eigenvalue weighted by Gasteiger charge is 2.09. The lowest BCUT2D eigenvalue weighted by Gasteiger charge is -2.20. The maximum atomic E-state index is 12.4. The van der Waals surface area contributed by atoms with Crippen LogP contribution in [0.5, 0.6) is 0 Å². The third-order valence-corrected chi connectivity index (χ3v) is 4.58. The molecule has 2 rings (SSSR count). The van der Waals surface area contributed by atoms with Gasteiger partial charge in [-0.1, -0.05) is 53.5 Å². The van der Waals surface area contributed by atoms with Gasteiger partial charge in [-0.15, -0.1) is 0 Å². The van der Waals surface area contributed by atoms with Crippen molar-refractivity contribution < 1.29 is 4.79 Å². The molecule has 0 aliphatic heterocycles. The largest absolute Gasteiger partial charge is 0.308 e. The van der Waals surface area contributed by atoms with Crippen LogP contribution in [0.25, 0.3) is 6.08 Å². The SMILES string of the molecule is CN(C)CCN(C)Cc1ccccc1C=CC(=O)c1ccc(Cl)cc1Cl. The van der Waals surface area contributed by atoms with Crippen molar-refractivity contribution in [3.8, 4) is 0 Å². The van der Waals surface area contributed by atoms with Gasteiger partial charge in [0, 0.05) is 30.2 Å². The summed E-state index contributed by atoms with van der Waals surface area (Å²) in [7, 11) is 6.23. The summed E-state index contributed by atoms with van der Waals surface area (Å²) < 4.78 is 0. The summed E-state index contributed by atoms with van der Waals surface area (Å²) in [4.78, 5) is 16.9. The number of carbonyl (C=O) groups is 1. The van der Waals surface area contributed by atoms with Crippen LogP contribution in [0.3, 0.4) is 0 Å². The van der Waals surface area contributed by atoms with E-state index < -0.39 is 0 Å². The molecule has 0 atom stereocenters. The first-order valence-electron chi connectivity index (χ1n) is 8.45. The molecule has 0 radical (unpaired) electrons. The van der Waals surface area contributed by atoms with E-state index in [-0.39, 0.29) is 5.78 Å². The van der Waals surface area contributed by atoms with E-state index in [4.69, 9.17) is 23.2 Å². The number of carbonyl (C=O) groups excluding carboxylic acids is 1. The number of hydrogen-bond acceptors (Lipinski definition) is 3. The molecular weight excluding hydrogens is 367 g/mol. The second-order valence-electron chi connectivity index (χ2n) is 6.56. The zero-order chi connectivity index (χ0) is 19.1. The van der Waals surface area contributed by atoms with Gasteiger partial charge in [-0.25, -0.2) is 0 Å². The van der Waals surface area contributed by atoms with Crippen molar-refractivity contribution in [2.45, 2.75) is 6.54 Å². The minimum atomic E-state index is -0.137. The van der Waals surface area contributed by atoms with E-state index in [1.807, 2.05) is 24.3 Å². The van der Waals surface area contributed by atoms with E-state index in [9.17, 15) is 4.79 Å². The van der Waals surface area contributed by atoms with Gasteiger partial charge in [0.15, 0.2) is 5.78 Å². The summed E-state index contributed by atoms with van der Waals surface area (Å²) in [6.45, 7) is 2.80. The van der Waals surface area contributed by atoms with Gasteiger partial charge in [-0.2, -0.15) is 0 Å². The molecule has 0 aromatic heterocycles. The quantitative estimate of drug-likeness (QED) is 0.473. The van der Waals surface area contributed by atoms with Crippen molar-refractivity contribution in [3.05, 3.63) is 75.3 Å². The van der Waals surface area contributed by atoms with Gasteiger partial charge in [0.1, 0.15) is 0 Å².